The molecule has 6 nitrogen and oxygen atoms in total. The molecule has 1 aliphatic carbocycles. The topological polar surface area (TPSA) is 68.8 Å². The van der Waals surface area contributed by atoms with E-state index in [0.717, 1.165) is 12.8 Å². The van der Waals surface area contributed by atoms with Crippen molar-refractivity contribution in [3.63, 3.8) is 0 Å². The highest BCUT2D eigenvalue weighted by atomic mass is 19.4. The van der Waals surface area contributed by atoms with Crippen molar-refractivity contribution in [1.29, 1.82) is 0 Å². The average Bonchev–Trinajstić information content (AvgIpc) is 2.99. The molecule has 3 aromatic heterocycles. The molecule has 1 N–H and O–H groups in total. The number of nitrogens with one attached hydrogen (secondary N) is 1. The van der Waals surface area contributed by atoms with Crippen molar-refractivity contribution in [2.75, 3.05) is 5.32 Å². The van der Waals surface area contributed by atoms with E-state index in [4.69, 9.17) is 4.42 Å². The van der Waals surface area contributed by atoms with E-state index >= 15 is 0 Å². The Labute approximate surface area is 128 Å². The van der Waals surface area contributed by atoms with Crippen LogP contribution in [0.1, 0.15) is 24.4 Å². The molecular weight excluding hydrogens is 311 g/mol. The Morgan fingerprint density at radius 3 is 2.78 bits per heavy atom. The van der Waals surface area contributed by atoms with Gasteiger partial charge >= 0.3 is 6.18 Å². The number of imidazole rings is 1. The highest BCUT2D eigenvalue weighted by Crippen LogP contribution is 2.32. The second-order valence-electron chi connectivity index (χ2n) is 5.44. The van der Waals surface area contributed by atoms with Crippen LogP contribution < -0.4 is 5.32 Å². The molecule has 1 fully saturated rings. The number of halogens is 3. The van der Waals surface area contributed by atoms with Crippen molar-refractivity contribution in [3.8, 4) is 0 Å². The van der Waals surface area contributed by atoms with Crippen LogP contribution in [0.25, 0.3) is 11.2 Å². The van der Waals surface area contributed by atoms with E-state index in [9.17, 15) is 13.2 Å². The summed E-state index contributed by atoms with van der Waals surface area (Å²) in [5.41, 5.74) is 0.461. The van der Waals surface area contributed by atoms with E-state index < -0.39 is 12.0 Å². The van der Waals surface area contributed by atoms with Crippen molar-refractivity contribution in [3.05, 3.63) is 36.3 Å². The van der Waals surface area contributed by atoms with Gasteiger partial charge in [-0.3, -0.25) is 0 Å². The first kappa shape index (κ1) is 14.0. The van der Waals surface area contributed by atoms with Crippen LogP contribution >= 0.6 is 0 Å². The Morgan fingerprint density at radius 2 is 2.13 bits per heavy atom. The van der Waals surface area contributed by atoms with E-state index in [1.807, 2.05) is 0 Å². The normalized spacial score (nSPS) is 15.3. The summed E-state index contributed by atoms with van der Waals surface area (Å²) in [6.45, 7) is 0.251. The van der Waals surface area contributed by atoms with E-state index in [1.54, 1.807) is 12.1 Å². The molecule has 0 amide bonds. The summed E-state index contributed by atoms with van der Waals surface area (Å²) in [4.78, 5) is 11.4. The van der Waals surface area contributed by atoms with Gasteiger partial charge in [-0.25, -0.2) is 15.0 Å². The SMILES string of the molecule is FC(F)(F)c1nc(NC2CC2)c2ncn(Cc3ccco3)c2n1. The third-order valence-electron chi connectivity index (χ3n) is 3.54. The van der Waals surface area contributed by atoms with Crippen LogP contribution in [-0.2, 0) is 12.7 Å². The lowest BCUT2D eigenvalue weighted by molar-refractivity contribution is -0.144. The first-order valence-electron chi connectivity index (χ1n) is 7.10. The fourth-order valence-corrected chi connectivity index (χ4v) is 2.28. The predicted molar refractivity (Wildman–Crippen MR) is 74.8 cm³/mol. The van der Waals surface area contributed by atoms with Crippen molar-refractivity contribution >= 4 is 17.0 Å². The Balaban J connectivity index is 1.82. The van der Waals surface area contributed by atoms with Crippen molar-refractivity contribution in [2.24, 2.45) is 0 Å². The van der Waals surface area contributed by atoms with Crippen LogP contribution in [0.2, 0.25) is 0 Å². The zero-order valence-corrected chi connectivity index (χ0v) is 11.8. The van der Waals surface area contributed by atoms with Gasteiger partial charge in [0, 0.05) is 6.04 Å². The molecule has 0 spiro atoms. The van der Waals surface area contributed by atoms with Crippen LogP contribution in [0.3, 0.4) is 0 Å². The Kier molecular flexibility index (Phi) is 3.03. The number of rotatable bonds is 4. The number of nitrogens with zero attached hydrogens (tertiary/aromatic N) is 4. The molecule has 0 saturated heterocycles. The molecule has 0 aliphatic heterocycles. The number of aromatic nitrogens is 4. The number of hydrogen-bond acceptors (Lipinski definition) is 5. The largest absolute Gasteiger partial charge is 0.467 e. The van der Waals surface area contributed by atoms with Crippen LogP contribution in [0.4, 0.5) is 19.0 Å². The number of alkyl halides is 3. The molecule has 3 heterocycles. The molecule has 1 saturated carbocycles. The minimum Gasteiger partial charge on any atom is -0.467 e. The van der Waals surface area contributed by atoms with E-state index in [0.29, 0.717) is 11.3 Å². The molecule has 0 radical (unpaired) electrons. The van der Waals surface area contributed by atoms with Gasteiger partial charge in [0.2, 0.25) is 5.82 Å². The first-order valence-corrected chi connectivity index (χ1v) is 7.10. The predicted octanol–water partition coefficient (Wildman–Crippen LogP) is 3.06. The van der Waals surface area contributed by atoms with Gasteiger partial charge in [0.1, 0.15) is 11.3 Å². The molecule has 120 valence electrons. The molecule has 23 heavy (non-hydrogen) atoms. The minimum absolute atomic E-state index is 0.128. The van der Waals surface area contributed by atoms with Gasteiger partial charge in [0.25, 0.3) is 0 Å². The fraction of sp³-hybridized carbons (Fsp3) is 0.357. The Bertz CT molecular complexity index is 836. The third kappa shape index (κ3) is 2.73. The van der Waals surface area contributed by atoms with Crippen molar-refractivity contribution < 1.29 is 17.6 Å². The van der Waals surface area contributed by atoms with Crippen LogP contribution in [0.5, 0.6) is 0 Å². The lowest BCUT2D eigenvalue weighted by Crippen LogP contribution is -2.15. The zero-order valence-electron chi connectivity index (χ0n) is 11.8. The lowest BCUT2D eigenvalue weighted by atomic mass is 10.4. The number of fused-ring (bicyclic) bond motifs is 1. The Morgan fingerprint density at radius 1 is 1.30 bits per heavy atom. The monoisotopic (exact) mass is 323 g/mol. The molecule has 9 heteroatoms. The first-order chi connectivity index (χ1) is 11.0. The van der Waals surface area contributed by atoms with Gasteiger partial charge < -0.3 is 14.3 Å². The standard InChI is InChI=1S/C14H12F3N5O/c15-14(16,17)13-20-11(19-8-3-4-8)10-12(21-13)22(7-18-10)6-9-2-1-5-23-9/h1-2,5,7-8H,3-4,6H2,(H,19,20,21). The van der Waals surface area contributed by atoms with Gasteiger partial charge in [-0.15, -0.1) is 0 Å². The average molecular weight is 323 g/mol. The second kappa shape index (κ2) is 4.97. The maximum Gasteiger partial charge on any atom is 0.451 e. The smallest absolute Gasteiger partial charge is 0.451 e. The number of hydrogen-bond donors (Lipinski definition) is 1. The molecule has 3 aromatic rings. The molecule has 4 rings (SSSR count). The number of anilines is 1. The zero-order chi connectivity index (χ0) is 16.0. The van der Waals surface area contributed by atoms with Crippen molar-refractivity contribution in [1.82, 2.24) is 19.5 Å². The minimum atomic E-state index is -4.62. The van der Waals surface area contributed by atoms with Gasteiger partial charge in [-0.2, -0.15) is 13.2 Å². The van der Waals surface area contributed by atoms with Gasteiger partial charge in [0.05, 0.1) is 19.1 Å². The maximum atomic E-state index is 13.1. The van der Waals surface area contributed by atoms with E-state index in [-0.39, 0.29) is 24.1 Å². The highest BCUT2D eigenvalue weighted by molar-refractivity contribution is 5.83. The second-order valence-corrected chi connectivity index (χ2v) is 5.44. The summed E-state index contributed by atoms with van der Waals surface area (Å²) < 4.78 is 45.9. The third-order valence-corrected chi connectivity index (χ3v) is 3.54. The Hall–Kier alpha value is -2.58. The quantitative estimate of drug-likeness (QED) is 0.799. The van der Waals surface area contributed by atoms with Gasteiger partial charge in [0.15, 0.2) is 11.5 Å². The summed E-state index contributed by atoms with van der Waals surface area (Å²) in [6, 6.07) is 3.61. The summed E-state index contributed by atoms with van der Waals surface area (Å²) in [6.07, 6.45) is 0.165. The van der Waals surface area contributed by atoms with Crippen LogP contribution in [0.15, 0.2) is 29.1 Å². The maximum absolute atomic E-state index is 13.1. The summed E-state index contributed by atoms with van der Waals surface area (Å²) in [5, 5.41) is 2.99. The van der Waals surface area contributed by atoms with Crippen molar-refractivity contribution in [2.45, 2.75) is 31.6 Å². The number of furan rings is 1. The van der Waals surface area contributed by atoms with Crippen LogP contribution in [-0.4, -0.2) is 25.6 Å². The van der Waals surface area contributed by atoms with E-state index in [2.05, 4.69) is 20.3 Å². The fourth-order valence-electron chi connectivity index (χ4n) is 2.28. The molecule has 0 atom stereocenters. The molecule has 0 unspecified atom stereocenters. The van der Waals surface area contributed by atoms with E-state index in [1.165, 1.54) is 17.2 Å². The van der Waals surface area contributed by atoms with Gasteiger partial charge in [-0.1, -0.05) is 0 Å². The molecule has 1 aliphatic rings. The summed E-state index contributed by atoms with van der Waals surface area (Å²) in [5.74, 6) is -0.439. The molecule has 0 aromatic carbocycles. The summed E-state index contributed by atoms with van der Waals surface area (Å²) >= 11 is 0. The van der Waals surface area contributed by atoms with Gasteiger partial charge in [-0.05, 0) is 25.0 Å². The molecule has 0 bridgehead atoms. The lowest BCUT2D eigenvalue weighted by Gasteiger charge is -2.10. The highest BCUT2D eigenvalue weighted by Gasteiger charge is 2.37. The molecular formula is C14H12F3N5O. The van der Waals surface area contributed by atoms with Crippen LogP contribution in [0, 0.1) is 0 Å². The summed E-state index contributed by atoms with van der Waals surface area (Å²) in [7, 11) is 0.